The zero-order valence-electron chi connectivity index (χ0n) is 15.8. The van der Waals surface area contributed by atoms with Crippen molar-refractivity contribution >= 4 is 143 Å². The summed E-state index contributed by atoms with van der Waals surface area (Å²) < 4.78 is 41.9. The maximum absolute atomic E-state index is 12.8. The molecule has 0 aromatic heterocycles. The highest BCUT2D eigenvalue weighted by Gasteiger charge is 2.64. The minimum absolute atomic E-state index is 0.197. The molecule has 0 aliphatic carbocycles. The van der Waals surface area contributed by atoms with Gasteiger partial charge in [0, 0.05) is 40.6 Å². The van der Waals surface area contributed by atoms with Crippen molar-refractivity contribution in [1.29, 1.82) is 0 Å². The third kappa shape index (κ3) is 10.1. The predicted octanol–water partition coefficient (Wildman–Crippen LogP) is 7.92. The molecule has 6 unspecified atom stereocenters. The topological polar surface area (TPSA) is 102 Å². The van der Waals surface area contributed by atoms with Crippen LogP contribution >= 0.6 is 143 Å². The number of halogens is 8. The second-order valence-corrected chi connectivity index (χ2v) is 17.7. The van der Waals surface area contributed by atoms with Gasteiger partial charge in [0.15, 0.2) is 0 Å². The Labute approximate surface area is 249 Å². The van der Waals surface area contributed by atoms with Gasteiger partial charge >= 0.3 is 15.6 Å². The van der Waals surface area contributed by atoms with Gasteiger partial charge in [-0.3, -0.25) is 9.05 Å². The van der Waals surface area contributed by atoms with Gasteiger partial charge in [0.2, 0.25) is 0 Å². The molecule has 0 spiro atoms. The molecule has 31 heavy (non-hydrogen) atoms. The Morgan fingerprint density at radius 1 is 0.613 bits per heavy atom. The smallest absolute Gasteiger partial charge is 0.302 e. The van der Waals surface area contributed by atoms with Crippen LogP contribution < -0.4 is 0 Å². The first kappa shape index (κ1) is 33.1. The van der Waals surface area contributed by atoms with E-state index in [4.69, 9.17) is 9.05 Å². The van der Waals surface area contributed by atoms with Crippen LogP contribution in [0, 0.1) is 0 Å². The minimum Gasteiger partial charge on any atom is -0.302 e. The molecule has 0 bridgehead atoms. The van der Waals surface area contributed by atoms with Crippen molar-refractivity contribution in [3.63, 3.8) is 0 Å². The molecular formula is C14H22Br8O7P2. The second-order valence-electron chi connectivity index (χ2n) is 7.01. The summed E-state index contributed by atoms with van der Waals surface area (Å²) in [5, 5.41) is 2.04. The van der Waals surface area contributed by atoms with Crippen LogP contribution in [-0.2, 0) is 22.5 Å². The van der Waals surface area contributed by atoms with Gasteiger partial charge in [-0.15, -0.1) is 0 Å². The van der Waals surface area contributed by atoms with Crippen LogP contribution in [0.25, 0.3) is 0 Å². The first-order valence-corrected chi connectivity index (χ1v) is 19.9. The zero-order valence-corrected chi connectivity index (χ0v) is 30.3. The highest BCUT2D eigenvalue weighted by Crippen LogP contribution is 2.71. The molecule has 0 saturated carbocycles. The van der Waals surface area contributed by atoms with E-state index >= 15 is 0 Å². The van der Waals surface area contributed by atoms with Crippen molar-refractivity contribution in [2.75, 3.05) is 21.3 Å². The molecule has 6 atom stereocenters. The fourth-order valence-corrected chi connectivity index (χ4v) is 9.31. The Hall–Kier alpha value is 4.10. The van der Waals surface area contributed by atoms with Crippen molar-refractivity contribution in [1.82, 2.24) is 0 Å². The Morgan fingerprint density at radius 2 is 0.839 bits per heavy atom. The van der Waals surface area contributed by atoms with Gasteiger partial charge in [-0.1, -0.05) is 127 Å². The molecule has 0 aromatic carbocycles. The summed E-state index contributed by atoms with van der Waals surface area (Å²) in [4.78, 5) is 20.0. The van der Waals surface area contributed by atoms with Crippen molar-refractivity contribution in [2.45, 2.75) is 56.2 Å². The van der Waals surface area contributed by atoms with Crippen molar-refractivity contribution in [2.24, 2.45) is 0 Å². The lowest BCUT2D eigenvalue weighted by molar-refractivity contribution is -0.134. The van der Waals surface area contributed by atoms with Gasteiger partial charge in [-0.25, -0.2) is 9.13 Å². The molecular weight excluding hydrogens is 981 g/mol. The van der Waals surface area contributed by atoms with E-state index in [-0.39, 0.29) is 45.0 Å². The average Bonchev–Trinajstić information content (AvgIpc) is 2.70. The van der Waals surface area contributed by atoms with Gasteiger partial charge in [-0.05, 0) is 25.7 Å². The molecule has 186 valence electrons. The van der Waals surface area contributed by atoms with Crippen LogP contribution in [0.5, 0.6) is 0 Å². The molecule has 1 heterocycles. The molecule has 2 N–H and O–H groups in total. The lowest BCUT2D eigenvalue weighted by Crippen LogP contribution is -2.60. The Balaban J connectivity index is 3.88. The Bertz CT molecular complexity index is 597. The normalized spacial score (nSPS) is 38.3. The Morgan fingerprint density at radius 3 is 1.03 bits per heavy atom. The monoisotopic (exact) mass is 995 g/mol. The lowest BCUT2D eigenvalue weighted by Gasteiger charge is -2.50. The number of phosphoric ester groups is 2. The summed E-state index contributed by atoms with van der Waals surface area (Å²) in [6.45, 7) is 0. The minimum atomic E-state index is -4.95. The van der Waals surface area contributed by atoms with Crippen molar-refractivity contribution in [3.8, 4) is 0 Å². The molecule has 7 nitrogen and oxygen atoms in total. The second kappa shape index (κ2) is 14.3. The van der Waals surface area contributed by atoms with Gasteiger partial charge in [-0.2, -0.15) is 4.31 Å². The first-order valence-electron chi connectivity index (χ1n) is 8.78. The third-order valence-corrected chi connectivity index (χ3v) is 16.5. The van der Waals surface area contributed by atoms with Crippen molar-refractivity contribution < 1.29 is 32.3 Å². The van der Waals surface area contributed by atoms with E-state index in [1.54, 1.807) is 0 Å². The molecule has 1 saturated heterocycles. The van der Waals surface area contributed by atoms with Gasteiger partial charge in [0.1, 0.15) is 11.2 Å². The van der Waals surface area contributed by atoms with Crippen LogP contribution in [0.3, 0.4) is 0 Å². The summed E-state index contributed by atoms with van der Waals surface area (Å²) in [5.41, 5.74) is -2.95. The maximum Gasteiger partial charge on any atom is 0.481 e. The number of phosphoric acid groups is 2. The molecule has 0 amide bonds. The predicted molar refractivity (Wildman–Crippen MR) is 153 cm³/mol. The van der Waals surface area contributed by atoms with Gasteiger partial charge in [0.25, 0.3) is 0 Å². The Kier molecular flexibility index (Phi) is 15.3. The summed E-state index contributed by atoms with van der Waals surface area (Å²) in [6.07, 6.45) is 0.799. The van der Waals surface area contributed by atoms with Gasteiger partial charge < -0.3 is 9.79 Å². The molecule has 1 fully saturated rings. The fraction of sp³-hybridized carbons (Fsp3) is 1.00. The van der Waals surface area contributed by atoms with E-state index in [1.807, 2.05) is 0 Å². The van der Waals surface area contributed by atoms with E-state index in [0.29, 0.717) is 21.3 Å². The third-order valence-electron chi connectivity index (χ3n) is 4.49. The number of rotatable bonds is 12. The van der Waals surface area contributed by atoms with Crippen LogP contribution in [0.15, 0.2) is 0 Å². The molecule has 0 aromatic rings. The largest absolute Gasteiger partial charge is 0.481 e. The highest BCUT2D eigenvalue weighted by atomic mass is 79.9. The number of hydrogen-bond acceptors (Lipinski definition) is 5. The SMILES string of the molecule is O=P1(O)OC(CC(Br)CBr)(CC(Br)CBr)C(CC(Br)CBr)(CC(Br)CBr)OP(=O)(O)O1. The summed E-state index contributed by atoms with van der Waals surface area (Å²) in [5.74, 6) is 0. The van der Waals surface area contributed by atoms with Crippen LogP contribution in [0.2, 0.25) is 0 Å². The van der Waals surface area contributed by atoms with E-state index in [0.717, 1.165) is 0 Å². The first-order chi connectivity index (χ1) is 14.2. The summed E-state index contributed by atoms with van der Waals surface area (Å²) in [7, 11) is -9.91. The van der Waals surface area contributed by atoms with Gasteiger partial charge in [0.05, 0.1) is 0 Å². The average molecular weight is 1000 g/mol. The van der Waals surface area contributed by atoms with E-state index in [9.17, 15) is 18.9 Å². The lowest BCUT2D eigenvalue weighted by atomic mass is 9.71. The number of hydrogen-bond donors (Lipinski definition) is 2. The summed E-state index contributed by atoms with van der Waals surface area (Å²) in [6, 6.07) is 0. The summed E-state index contributed by atoms with van der Waals surface area (Å²) >= 11 is 28.0. The van der Waals surface area contributed by atoms with E-state index in [1.165, 1.54) is 0 Å². The van der Waals surface area contributed by atoms with Crippen LogP contribution in [0.1, 0.15) is 25.7 Å². The van der Waals surface area contributed by atoms with E-state index < -0.39 is 26.8 Å². The quantitative estimate of drug-likeness (QED) is 0.152. The molecule has 1 aliphatic heterocycles. The maximum atomic E-state index is 12.8. The van der Waals surface area contributed by atoms with Crippen LogP contribution in [0.4, 0.5) is 0 Å². The van der Waals surface area contributed by atoms with Crippen molar-refractivity contribution in [3.05, 3.63) is 0 Å². The molecule has 1 rings (SSSR count). The fourth-order valence-electron chi connectivity index (χ4n) is 3.48. The molecule has 0 radical (unpaired) electrons. The number of alkyl halides is 8. The molecule has 1 aliphatic rings. The van der Waals surface area contributed by atoms with Crippen LogP contribution in [-0.4, -0.2) is 61.6 Å². The molecule has 17 heteroatoms. The highest BCUT2D eigenvalue weighted by molar-refractivity contribution is 9.13. The standard InChI is InChI=1S/C14H22Br8O7P2/c15-5-9(19)1-13(2-10(20)6-16)14(3-11(21)7-17,4-12(22)8-18)28-31(25,26)29-30(23,24)27-13/h9-12H,1-8H2,(H,23,24)(H,25,26). The van der Waals surface area contributed by atoms with E-state index in [2.05, 4.69) is 132 Å². The zero-order chi connectivity index (χ0) is 24.1.